The Bertz CT molecular complexity index is 812. The molecule has 5 heteroatoms. The molecule has 25 heavy (non-hydrogen) atoms. The van der Waals surface area contributed by atoms with Crippen LogP contribution in [0, 0.1) is 6.92 Å². The molecule has 0 aliphatic carbocycles. The van der Waals surface area contributed by atoms with Crippen LogP contribution in [0.3, 0.4) is 0 Å². The van der Waals surface area contributed by atoms with Crippen LogP contribution in [0.25, 0.3) is 0 Å². The first-order valence-corrected chi connectivity index (χ1v) is 8.97. The number of rotatable bonds is 6. The van der Waals surface area contributed by atoms with Gasteiger partial charge in [-0.2, -0.15) is 0 Å². The molecule has 0 spiro atoms. The maximum Gasteiger partial charge on any atom is 0.253 e. The SMILES string of the molecule is Cc1ccc(CN(C)C(=O)c2ccc(OCc3cscn3)cc2)cc1. The third-order valence-corrected chi connectivity index (χ3v) is 4.49. The zero-order chi connectivity index (χ0) is 17.6. The highest BCUT2D eigenvalue weighted by Crippen LogP contribution is 2.16. The van der Waals surface area contributed by atoms with Gasteiger partial charge in [-0.15, -0.1) is 11.3 Å². The van der Waals surface area contributed by atoms with E-state index in [1.54, 1.807) is 33.9 Å². The highest BCUT2D eigenvalue weighted by Gasteiger charge is 2.12. The maximum absolute atomic E-state index is 12.5. The third-order valence-electron chi connectivity index (χ3n) is 3.86. The minimum Gasteiger partial charge on any atom is -0.487 e. The number of hydrogen-bond acceptors (Lipinski definition) is 4. The van der Waals surface area contributed by atoms with Crippen molar-refractivity contribution in [3.8, 4) is 5.75 Å². The summed E-state index contributed by atoms with van der Waals surface area (Å²) in [6, 6.07) is 15.4. The molecule has 1 amide bonds. The first kappa shape index (κ1) is 17.2. The summed E-state index contributed by atoms with van der Waals surface area (Å²) in [5.74, 6) is 0.720. The minimum absolute atomic E-state index is 0.00775. The van der Waals surface area contributed by atoms with E-state index in [1.807, 2.05) is 24.6 Å². The van der Waals surface area contributed by atoms with Crippen molar-refractivity contribution in [1.82, 2.24) is 9.88 Å². The zero-order valence-corrected chi connectivity index (χ0v) is 15.1. The van der Waals surface area contributed by atoms with Crippen LogP contribution in [-0.4, -0.2) is 22.8 Å². The smallest absolute Gasteiger partial charge is 0.253 e. The predicted molar refractivity (Wildman–Crippen MR) is 99.9 cm³/mol. The number of hydrogen-bond donors (Lipinski definition) is 0. The molecule has 1 aromatic heterocycles. The fourth-order valence-electron chi connectivity index (χ4n) is 2.42. The largest absolute Gasteiger partial charge is 0.487 e. The molecule has 1 heterocycles. The monoisotopic (exact) mass is 352 g/mol. The fourth-order valence-corrected chi connectivity index (χ4v) is 2.96. The number of carbonyl (C=O) groups excluding carboxylic acids is 1. The third kappa shape index (κ3) is 4.67. The van der Waals surface area contributed by atoms with Gasteiger partial charge in [0.2, 0.25) is 0 Å². The number of aromatic nitrogens is 1. The molecular weight excluding hydrogens is 332 g/mol. The molecule has 3 aromatic rings. The summed E-state index contributed by atoms with van der Waals surface area (Å²) in [5.41, 5.74) is 5.67. The highest BCUT2D eigenvalue weighted by atomic mass is 32.1. The Morgan fingerprint density at radius 1 is 1.12 bits per heavy atom. The Hall–Kier alpha value is -2.66. The molecule has 0 bridgehead atoms. The molecule has 0 aliphatic heterocycles. The van der Waals surface area contributed by atoms with Crippen molar-refractivity contribution in [3.63, 3.8) is 0 Å². The number of amides is 1. The van der Waals surface area contributed by atoms with Crippen molar-refractivity contribution in [2.24, 2.45) is 0 Å². The molecule has 0 radical (unpaired) electrons. The van der Waals surface area contributed by atoms with Gasteiger partial charge in [-0.1, -0.05) is 29.8 Å². The van der Waals surface area contributed by atoms with Crippen LogP contribution in [0.2, 0.25) is 0 Å². The van der Waals surface area contributed by atoms with Gasteiger partial charge in [-0.3, -0.25) is 4.79 Å². The number of ether oxygens (including phenoxy) is 1. The quantitative estimate of drug-likeness (QED) is 0.664. The standard InChI is InChI=1S/C20H20N2O2S/c1-15-3-5-16(6-4-15)11-22(2)20(23)17-7-9-19(10-8-17)24-12-18-13-25-14-21-18/h3-10,13-14H,11-12H2,1-2H3. The van der Waals surface area contributed by atoms with Crippen LogP contribution in [0.4, 0.5) is 0 Å². The van der Waals surface area contributed by atoms with Crippen molar-refractivity contribution < 1.29 is 9.53 Å². The number of benzene rings is 2. The van der Waals surface area contributed by atoms with Gasteiger partial charge in [0.1, 0.15) is 12.4 Å². The van der Waals surface area contributed by atoms with Gasteiger partial charge in [0.25, 0.3) is 5.91 Å². The Morgan fingerprint density at radius 2 is 1.84 bits per heavy atom. The van der Waals surface area contributed by atoms with Crippen LogP contribution < -0.4 is 4.74 Å². The summed E-state index contributed by atoms with van der Waals surface area (Å²) in [5, 5.41) is 1.96. The number of nitrogens with zero attached hydrogens (tertiary/aromatic N) is 2. The van der Waals surface area contributed by atoms with Crippen molar-refractivity contribution >= 4 is 17.2 Å². The van der Waals surface area contributed by atoms with Gasteiger partial charge in [0.05, 0.1) is 11.2 Å². The molecule has 0 fully saturated rings. The van der Waals surface area contributed by atoms with Crippen LogP contribution in [0.1, 0.15) is 27.2 Å². The second-order valence-corrected chi connectivity index (χ2v) is 6.66. The van der Waals surface area contributed by atoms with E-state index in [0.717, 1.165) is 17.0 Å². The molecule has 0 N–H and O–H groups in total. The molecular formula is C20H20N2O2S. The van der Waals surface area contributed by atoms with Gasteiger partial charge in [0.15, 0.2) is 0 Å². The van der Waals surface area contributed by atoms with Crippen LogP contribution >= 0.6 is 11.3 Å². The number of aryl methyl sites for hydroxylation is 1. The van der Waals surface area contributed by atoms with E-state index in [0.29, 0.717) is 18.7 Å². The average Bonchev–Trinajstić information content (AvgIpc) is 3.15. The summed E-state index contributed by atoms with van der Waals surface area (Å²) in [6.45, 7) is 3.07. The van der Waals surface area contributed by atoms with Gasteiger partial charge in [-0.25, -0.2) is 4.98 Å². The van der Waals surface area contributed by atoms with Crippen LogP contribution in [0.15, 0.2) is 59.4 Å². The van der Waals surface area contributed by atoms with E-state index in [9.17, 15) is 4.79 Å². The summed E-state index contributed by atoms with van der Waals surface area (Å²) >= 11 is 1.54. The van der Waals surface area contributed by atoms with Gasteiger partial charge in [0, 0.05) is 24.5 Å². The number of thiazole rings is 1. The zero-order valence-electron chi connectivity index (χ0n) is 14.3. The number of carbonyl (C=O) groups is 1. The maximum atomic E-state index is 12.5. The van der Waals surface area contributed by atoms with Crippen molar-refractivity contribution in [1.29, 1.82) is 0 Å². The summed E-state index contributed by atoms with van der Waals surface area (Å²) in [4.78, 5) is 18.4. The summed E-state index contributed by atoms with van der Waals surface area (Å²) in [7, 11) is 1.81. The first-order valence-electron chi connectivity index (χ1n) is 8.03. The van der Waals surface area contributed by atoms with Gasteiger partial charge < -0.3 is 9.64 Å². The lowest BCUT2D eigenvalue weighted by molar-refractivity contribution is 0.0785. The van der Waals surface area contributed by atoms with E-state index in [4.69, 9.17) is 4.74 Å². The summed E-state index contributed by atoms with van der Waals surface area (Å²) < 4.78 is 5.67. The molecule has 4 nitrogen and oxygen atoms in total. The van der Waals surface area contributed by atoms with Crippen molar-refractivity contribution in [2.45, 2.75) is 20.1 Å². The predicted octanol–water partition coefficient (Wildman–Crippen LogP) is 4.30. The second-order valence-electron chi connectivity index (χ2n) is 5.94. The molecule has 2 aromatic carbocycles. The second kappa shape index (κ2) is 7.94. The highest BCUT2D eigenvalue weighted by molar-refractivity contribution is 7.07. The molecule has 0 aliphatic rings. The van der Waals surface area contributed by atoms with Crippen molar-refractivity contribution in [2.75, 3.05) is 7.05 Å². The van der Waals surface area contributed by atoms with E-state index in [1.165, 1.54) is 5.56 Å². The molecule has 0 saturated heterocycles. The Morgan fingerprint density at radius 3 is 2.48 bits per heavy atom. The Labute approximate surface area is 151 Å². The molecule has 0 unspecified atom stereocenters. The Balaban J connectivity index is 1.58. The molecule has 3 rings (SSSR count). The van der Waals surface area contributed by atoms with Gasteiger partial charge >= 0.3 is 0 Å². The first-order chi connectivity index (χ1) is 12.1. The molecule has 0 saturated carbocycles. The van der Waals surface area contributed by atoms with E-state index < -0.39 is 0 Å². The lowest BCUT2D eigenvalue weighted by atomic mass is 10.1. The normalized spacial score (nSPS) is 10.5. The van der Waals surface area contributed by atoms with E-state index >= 15 is 0 Å². The average molecular weight is 352 g/mol. The summed E-state index contributed by atoms with van der Waals surface area (Å²) in [6.07, 6.45) is 0. The minimum atomic E-state index is -0.00775. The topological polar surface area (TPSA) is 42.4 Å². The van der Waals surface area contributed by atoms with Crippen LogP contribution in [-0.2, 0) is 13.2 Å². The Kier molecular flexibility index (Phi) is 5.46. The van der Waals surface area contributed by atoms with Crippen molar-refractivity contribution in [3.05, 3.63) is 81.8 Å². The fraction of sp³-hybridized carbons (Fsp3) is 0.200. The molecule has 0 atom stereocenters. The van der Waals surface area contributed by atoms with E-state index in [2.05, 4.69) is 36.2 Å². The lowest BCUT2D eigenvalue weighted by Crippen LogP contribution is -2.26. The van der Waals surface area contributed by atoms with Gasteiger partial charge in [-0.05, 0) is 36.8 Å². The van der Waals surface area contributed by atoms with Crippen LogP contribution in [0.5, 0.6) is 5.75 Å². The van der Waals surface area contributed by atoms with E-state index in [-0.39, 0.29) is 5.91 Å². The lowest BCUT2D eigenvalue weighted by Gasteiger charge is -2.17. The molecule has 128 valence electrons.